The SMILES string of the molecule is Clc1cccc(CNC2CCNC2c2ccccc2)c1Cl. The summed E-state index contributed by atoms with van der Waals surface area (Å²) in [6.07, 6.45) is 1.11. The van der Waals surface area contributed by atoms with Gasteiger partial charge in [0.05, 0.1) is 10.0 Å². The van der Waals surface area contributed by atoms with Crippen LogP contribution in [0, 0.1) is 0 Å². The number of benzene rings is 2. The van der Waals surface area contributed by atoms with Crippen LogP contribution in [0.15, 0.2) is 48.5 Å². The first-order valence-electron chi connectivity index (χ1n) is 7.20. The minimum Gasteiger partial charge on any atom is -0.309 e. The van der Waals surface area contributed by atoms with Crippen LogP contribution in [0.25, 0.3) is 0 Å². The molecule has 3 rings (SSSR count). The Morgan fingerprint density at radius 1 is 1.05 bits per heavy atom. The minimum absolute atomic E-state index is 0.351. The number of halogens is 2. The van der Waals surface area contributed by atoms with E-state index in [2.05, 4.69) is 34.9 Å². The second kappa shape index (κ2) is 6.80. The van der Waals surface area contributed by atoms with Crippen LogP contribution in [0.2, 0.25) is 10.0 Å². The second-order valence-electron chi connectivity index (χ2n) is 5.33. The van der Waals surface area contributed by atoms with Gasteiger partial charge in [-0.1, -0.05) is 65.7 Å². The van der Waals surface area contributed by atoms with Gasteiger partial charge in [0.1, 0.15) is 0 Å². The molecule has 4 heteroatoms. The number of hydrogen-bond donors (Lipinski definition) is 2. The summed E-state index contributed by atoms with van der Waals surface area (Å²) in [5.74, 6) is 0. The van der Waals surface area contributed by atoms with Crippen molar-refractivity contribution >= 4 is 23.2 Å². The van der Waals surface area contributed by atoms with Gasteiger partial charge < -0.3 is 10.6 Å². The van der Waals surface area contributed by atoms with Crippen LogP contribution in [-0.2, 0) is 6.54 Å². The molecule has 0 amide bonds. The Morgan fingerprint density at radius 2 is 1.86 bits per heavy atom. The molecule has 2 unspecified atom stereocenters. The van der Waals surface area contributed by atoms with Gasteiger partial charge in [-0.3, -0.25) is 0 Å². The van der Waals surface area contributed by atoms with Crippen molar-refractivity contribution in [2.75, 3.05) is 6.54 Å². The third-order valence-corrected chi connectivity index (χ3v) is 4.82. The predicted molar refractivity (Wildman–Crippen MR) is 88.9 cm³/mol. The molecule has 2 nitrogen and oxygen atoms in total. The lowest BCUT2D eigenvalue weighted by Gasteiger charge is -2.21. The van der Waals surface area contributed by atoms with E-state index < -0.39 is 0 Å². The van der Waals surface area contributed by atoms with Crippen molar-refractivity contribution in [3.63, 3.8) is 0 Å². The van der Waals surface area contributed by atoms with Gasteiger partial charge in [0.25, 0.3) is 0 Å². The lowest BCUT2D eigenvalue weighted by atomic mass is 10.0. The van der Waals surface area contributed by atoms with Crippen LogP contribution in [-0.4, -0.2) is 12.6 Å². The molecular weight excluding hydrogens is 303 g/mol. The van der Waals surface area contributed by atoms with Crippen LogP contribution in [0.4, 0.5) is 0 Å². The monoisotopic (exact) mass is 320 g/mol. The molecule has 21 heavy (non-hydrogen) atoms. The van der Waals surface area contributed by atoms with Gasteiger partial charge >= 0.3 is 0 Å². The van der Waals surface area contributed by atoms with Crippen molar-refractivity contribution in [1.82, 2.24) is 10.6 Å². The summed E-state index contributed by atoms with van der Waals surface area (Å²) < 4.78 is 0. The molecule has 1 saturated heterocycles. The van der Waals surface area contributed by atoms with Crippen LogP contribution in [0.3, 0.4) is 0 Å². The first-order valence-corrected chi connectivity index (χ1v) is 7.96. The van der Waals surface area contributed by atoms with Crippen molar-refractivity contribution in [3.8, 4) is 0 Å². The summed E-state index contributed by atoms with van der Waals surface area (Å²) in [5, 5.41) is 8.43. The summed E-state index contributed by atoms with van der Waals surface area (Å²) in [6, 6.07) is 17.1. The molecule has 1 aliphatic heterocycles. The van der Waals surface area contributed by atoms with Crippen LogP contribution in [0.1, 0.15) is 23.6 Å². The fraction of sp³-hybridized carbons (Fsp3) is 0.294. The van der Waals surface area contributed by atoms with Gasteiger partial charge in [-0.25, -0.2) is 0 Å². The molecular formula is C17H18Cl2N2. The van der Waals surface area contributed by atoms with Gasteiger partial charge in [0.2, 0.25) is 0 Å². The maximum absolute atomic E-state index is 6.24. The fourth-order valence-electron chi connectivity index (χ4n) is 2.86. The highest BCUT2D eigenvalue weighted by Gasteiger charge is 2.27. The van der Waals surface area contributed by atoms with Crippen molar-refractivity contribution in [3.05, 3.63) is 69.7 Å². The maximum atomic E-state index is 6.24. The van der Waals surface area contributed by atoms with Crippen molar-refractivity contribution < 1.29 is 0 Å². The van der Waals surface area contributed by atoms with Crippen molar-refractivity contribution in [2.45, 2.75) is 25.0 Å². The Labute approximate surface area is 135 Å². The van der Waals surface area contributed by atoms with Crippen LogP contribution < -0.4 is 10.6 Å². The molecule has 0 saturated carbocycles. The molecule has 2 atom stereocenters. The predicted octanol–water partition coefficient (Wildman–Crippen LogP) is 4.19. The highest BCUT2D eigenvalue weighted by Crippen LogP contribution is 2.27. The zero-order chi connectivity index (χ0) is 14.7. The maximum Gasteiger partial charge on any atom is 0.0637 e. The molecule has 0 spiro atoms. The molecule has 2 N–H and O–H groups in total. The molecule has 0 aliphatic carbocycles. The van der Waals surface area contributed by atoms with Gasteiger partial charge in [-0.05, 0) is 30.2 Å². The fourth-order valence-corrected chi connectivity index (χ4v) is 3.25. The zero-order valence-corrected chi connectivity index (χ0v) is 13.2. The molecule has 1 heterocycles. The zero-order valence-electron chi connectivity index (χ0n) is 11.7. The Morgan fingerprint density at radius 3 is 2.67 bits per heavy atom. The number of hydrogen-bond acceptors (Lipinski definition) is 2. The Kier molecular flexibility index (Phi) is 4.81. The first-order chi connectivity index (χ1) is 10.3. The van der Waals surface area contributed by atoms with Gasteiger partial charge in [0, 0.05) is 18.6 Å². The molecule has 1 fully saturated rings. The van der Waals surface area contributed by atoms with Gasteiger partial charge in [-0.15, -0.1) is 0 Å². The van der Waals surface area contributed by atoms with E-state index in [1.54, 1.807) is 0 Å². The Hall–Kier alpha value is -1.06. The first kappa shape index (κ1) is 14.9. The van der Waals surface area contributed by atoms with E-state index in [9.17, 15) is 0 Å². The average molecular weight is 321 g/mol. The van der Waals surface area contributed by atoms with Crippen LogP contribution in [0.5, 0.6) is 0 Å². The van der Waals surface area contributed by atoms with Gasteiger partial charge in [-0.2, -0.15) is 0 Å². The van der Waals surface area contributed by atoms with Gasteiger partial charge in [0.15, 0.2) is 0 Å². The Bertz CT molecular complexity index is 601. The van der Waals surface area contributed by atoms with E-state index in [-0.39, 0.29) is 0 Å². The van der Waals surface area contributed by atoms with E-state index in [1.807, 2.05) is 24.3 Å². The second-order valence-corrected chi connectivity index (χ2v) is 6.12. The smallest absolute Gasteiger partial charge is 0.0637 e. The molecule has 1 aliphatic rings. The number of nitrogens with one attached hydrogen (secondary N) is 2. The van der Waals surface area contributed by atoms with E-state index in [4.69, 9.17) is 23.2 Å². The molecule has 0 aromatic heterocycles. The topological polar surface area (TPSA) is 24.1 Å². The summed E-state index contributed by atoms with van der Waals surface area (Å²) in [6.45, 7) is 1.76. The quantitative estimate of drug-likeness (QED) is 0.882. The normalized spacial score (nSPS) is 21.6. The molecule has 2 aromatic carbocycles. The van der Waals surface area contributed by atoms with Crippen molar-refractivity contribution in [2.24, 2.45) is 0 Å². The molecule has 0 bridgehead atoms. The molecule has 0 radical (unpaired) electrons. The summed E-state index contributed by atoms with van der Waals surface area (Å²) >= 11 is 12.3. The summed E-state index contributed by atoms with van der Waals surface area (Å²) in [4.78, 5) is 0. The van der Waals surface area contributed by atoms with E-state index >= 15 is 0 Å². The summed E-state index contributed by atoms with van der Waals surface area (Å²) in [5.41, 5.74) is 2.37. The summed E-state index contributed by atoms with van der Waals surface area (Å²) in [7, 11) is 0. The highest BCUT2D eigenvalue weighted by molar-refractivity contribution is 6.42. The molecule has 2 aromatic rings. The van der Waals surface area contributed by atoms with E-state index in [1.165, 1.54) is 5.56 Å². The standard InChI is InChI=1S/C17H18Cl2N2/c18-14-8-4-7-13(16(14)19)11-21-15-9-10-20-17(15)12-5-2-1-3-6-12/h1-8,15,17,20-21H,9-11H2. The largest absolute Gasteiger partial charge is 0.309 e. The van der Waals surface area contributed by atoms with Crippen LogP contribution >= 0.6 is 23.2 Å². The Balaban J connectivity index is 1.68. The lowest BCUT2D eigenvalue weighted by Crippen LogP contribution is -2.34. The average Bonchev–Trinajstić information content (AvgIpc) is 2.98. The molecule has 110 valence electrons. The number of rotatable bonds is 4. The third-order valence-electron chi connectivity index (χ3n) is 3.97. The lowest BCUT2D eigenvalue weighted by molar-refractivity contribution is 0.461. The van der Waals surface area contributed by atoms with E-state index in [0.29, 0.717) is 22.1 Å². The van der Waals surface area contributed by atoms with Crippen molar-refractivity contribution in [1.29, 1.82) is 0 Å². The minimum atomic E-state index is 0.351. The third kappa shape index (κ3) is 3.41. The highest BCUT2D eigenvalue weighted by atomic mass is 35.5. The van der Waals surface area contributed by atoms with E-state index in [0.717, 1.165) is 25.1 Å².